The van der Waals surface area contributed by atoms with Crippen molar-refractivity contribution in [2.75, 3.05) is 31.2 Å². The quantitative estimate of drug-likeness (QED) is 0.451. The number of aromatic nitrogens is 1. The molecule has 1 amide bonds. The lowest BCUT2D eigenvalue weighted by Gasteiger charge is -2.20. The Morgan fingerprint density at radius 3 is 2.34 bits per heavy atom. The van der Waals surface area contributed by atoms with Crippen molar-refractivity contribution in [1.29, 1.82) is 0 Å². The van der Waals surface area contributed by atoms with Crippen LogP contribution in [0.15, 0.2) is 47.5 Å². The average molecular weight is 456 g/mol. The first kappa shape index (κ1) is 23.5. The predicted molar refractivity (Wildman–Crippen MR) is 128 cm³/mol. The van der Waals surface area contributed by atoms with Crippen molar-refractivity contribution in [3.05, 3.63) is 52.8 Å². The van der Waals surface area contributed by atoms with Gasteiger partial charge in [-0.05, 0) is 64.1 Å². The van der Waals surface area contributed by atoms with E-state index < -0.39 is 5.97 Å². The Hall–Kier alpha value is -3.13. The van der Waals surface area contributed by atoms with Gasteiger partial charge in [0.25, 0.3) is 5.91 Å². The number of anilines is 1. The van der Waals surface area contributed by atoms with Crippen molar-refractivity contribution in [3.8, 4) is 5.75 Å². The van der Waals surface area contributed by atoms with Crippen molar-refractivity contribution in [2.45, 2.75) is 34.2 Å². The summed E-state index contributed by atoms with van der Waals surface area (Å²) in [5.41, 5.74) is 2.29. The molecule has 0 N–H and O–H groups in total. The lowest BCUT2D eigenvalue weighted by atomic mass is 10.2. The van der Waals surface area contributed by atoms with Gasteiger partial charge >= 0.3 is 5.97 Å². The number of carbonyl (C=O) groups is 2. The van der Waals surface area contributed by atoms with Crippen LogP contribution in [0, 0.1) is 0 Å². The van der Waals surface area contributed by atoms with E-state index in [4.69, 9.17) is 9.47 Å². The van der Waals surface area contributed by atoms with Crippen LogP contribution in [0.3, 0.4) is 0 Å². The molecule has 1 aromatic heterocycles. The molecule has 0 saturated heterocycles. The van der Waals surface area contributed by atoms with Gasteiger partial charge in [0.1, 0.15) is 17.8 Å². The van der Waals surface area contributed by atoms with Crippen molar-refractivity contribution in [1.82, 2.24) is 4.57 Å². The van der Waals surface area contributed by atoms with Crippen molar-refractivity contribution in [2.24, 2.45) is 4.99 Å². The third-order valence-corrected chi connectivity index (χ3v) is 6.04. The van der Waals surface area contributed by atoms with Gasteiger partial charge in [-0.2, -0.15) is 4.99 Å². The van der Waals surface area contributed by atoms with E-state index in [1.807, 2.05) is 37.3 Å². The summed E-state index contributed by atoms with van der Waals surface area (Å²) in [5, 5.41) is 0. The molecule has 0 atom stereocenters. The summed E-state index contributed by atoms with van der Waals surface area (Å²) in [7, 11) is 0. The second-order valence-corrected chi connectivity index (χ2v) is 7.96. The molecule has 0 radical (unpaired) electrons. The molecule has 0 bridgehead atoms. The van der Waals surface area contributed by atoms with Crippen LogP contribution in [0.25, 0.3) is 10.2 Å². The van der Waals surface area contributed by atoms with Crippen LogP contribution in [0.2, 0.25) is 0 Å². The molecule has 0 unspecified atom stereocenters. The van der Waals surface area contributed by atoms with Gasteiger partial charge in [0.05, 0.1) is 17.9 Å². The van der Waals surface area contributed by atoms with Gasteiger partial charge < -0.3 is 18.9 Å². The standard InChI is InChI=1S/C24H29N3O4S/c1-5-26(6-2)18-14-12-17(13-15-18)23(29)25-24-27(16-21(28)31-8-4)22-19(30-7-3)10-9-11-20(22)32-24/h9-15H,5-8,16H2,1-4H3. The third-order valence-electron chi connectivity index (χ3n) is 5.00. The monoisotopic (exact) mass is 455 g/mol. The maximum atomic E-state index is 13.0. The fourth-order valence-corrected chi connectivity index (χ4v) is 4.54. The molecule has 0 aliphatic carbocycles. The zero-order valence-electron chi connectivity index (χ0n) is 19.0. The number of ether oxygens (including phenoxy) is 2. The van der Waals surface area contributed by atoms with Crippen LogP contribution in [-0.4, -0.2) is 42.7 Å². The molecular weight excluding hydrogens is 426 g/mol. The van der Waals surface area contributed by atoms with Crippen LogP contribution >= 0.6 is 11.3 Å². The molecule has 0 aliphatic heterocycles. The molecule has 0 saturated carbocycles. The smallest absolute Gasteiger partial charge is 0.326 e. The lowest BCUT2D eigenvalue weighted by molar-refractivity contribution is -0.143. The molecule has 2 aromatic carbocycles. The van der Waals surface area contributed by atoms with E-state index in [1.54, 1.807) is 23.6 Å². The first-order valence-corrected chi connectivity index (χ1v) is 11.7. The Labute approximate surface area is 191 Å². The Bertz CT molecular complexity index is 1140. The Kier molecular flexibility index (Phi) is 8.05. The van der Waals surface area contributed by atoms with Gasteiger partial charge in [-0.3, -0.25) is 9.59 Å². The van der Waals surface area contributed by atoms with Crippen molar-refractivity contribution < 1.29 is 19.1 Å². The van der Waals surface area contributed by atoms with Crippen LogP contribution in [0.4, 0.5) is 5.69 Å². The van der Waals surface area contributed by atoms with Gasteiger partial charge in [0.2, 0.25) is 0 Å². The molecule has 0 aliphatic rings. The van der Waals surface area contributed by atoms with Crippen LogP contribution in [0.1, 0.15) is 38.1 Å². The fourth-order valence-electron chi connectivity index (χ4n) is 3.49. The normalized spacial score (nSPS) is 11.6. The number of fused-ring (bicyclic) bond motifs is 1. The molecule has 0 fully saturated rings. The number of hydrogen-bond acceptors (Lipinski definition) is 6. The molecule has 1 heterocycles. The average Bonchev–Trinajstić information content (AvgIpc) is 3.13. The SMILES string of the molecule is CCOC(=O)Cn1c(=NC(=O)c2ccc(N(CC)CC)cc2)sc2cccc(OCC)c21. The highest BCUT2D eigenvalue weighted by Gasteiger charge is 2.16. The van der Waals surface area contributed by atoms with Crippen LogP contribution in [0.5, 0.6) is 5.75 Å². The van der Waals surface area contributed by atoms with Crippen LogP contribution < -0.4 is 14.4 Å². The minimum absolute atomic E-state index is 0.0507. The molecular formula is C24H29N3O4S. The van der Waals surface area contributed by atoms with E-state index in [0.29, 0.717) is 22.7 Å². The third kappa shape index (κ3) is 5.19. The number of rotatable bonds is 9. The van der Waals surface area contributed by atoms with Gasteiger partial charge in [-0.1, -0.05) is 17.4 Å². The van der Waals surface area contributed by atoms with Gasteiger partial charge in [-0.25, -0.2) is 0 Å². The van der Waals surface area contributed by atoms with E-state index in [9.17, 15) is 9.59 Å². The maximum Gasteiger partial charge on any atom is 0.326 e. The summed E-state index contributed by atoms with van der Waals surface area (Å²) in [6.07, 6.45) is 0. The number of amides is 1. The highest BCUT2D eigenvalue weighted by Crippen LogP contribution is 2.28. The zero-order chi connectivity index (χ0) is 23.1. The first-order chi connectivity index (χ1) is 15.5. The van der Waals surface area contributed by atoms with E-state index >= 15 is 0 Å². The summed E-state index contributed by atoms with van der Waals surface area (Å²) in [6.45, 7) is 10.4. The number of hydrogen-bond donors (Lipinski definition) is 0. The van der Waals surface area contributed by atoms with Crippen LogP contribution in [-0.2, 0) is 16.1 Å². The van der Waals surface area contributed by atoms with Crippen molar-refractivity contribution in [3.63, 3.8) is 0 Å². The Balaban J connectivity index is 2.05. The molecule has 8 heteroatoms. The van der Waals surface area contributed by atoms with E-state index in [2.05, 4.69) is 23.7 Å². The number of thiazole rings is 1. The van der Waals surface area contributed by atoms with E-state index in [-0.39, 0.29) is 19.1 Å². The first-order valence-electron chi connectivity index (χ1n) is 10.9. The number of esters is 1. The van der Waals surface area contributed by atoms with E-state index in [0.717, 1.165) is 29.0 Å². The van der Waals surface area contributed by atoms with E-state index in [1.165, 1.54) is 11.3 Å². The van der Waals surface area contributed by atoms with Gasteiger partial charge in [0.15, 0.2) is 4.80 Å². The summed E-state index contributed by atoms with van der Waals surface area (Å²) in [4.78, 5) is 32.2. The maximum absolute atomic E-state index is 13.0. The molecule has 0 spiro atoms. The summed E-state index contributed by atoms with van der Waals surface area (Å²) < 4.78 is 13.5. The largest absolute Gasteiger partial charge is 0.492 e. The van der Waals surface area contributed by atoms with Gasteiger partial charge in [-0.15, -0.1) is 0 Å². The minimum atomic E-state index is -0.393. The van der Waals surface area contributed by atoms with Gasteiger partial charge in [0, 0.05) is 24.3 Å². The lowest BCUT2D eigenvalue weighted by Crippen LogP contribution is -2.23. The summed E-state index contributed by atoms with van der Waals surface area (Å²) in [6, 6.07) is 13.1. The number of nitrogens with zero attached hydrogens (tertiary/aromatic N) is 3. The van der Waals surface area contributed by atoms with Crippen molar-refractivity contribution >= 4 is 39.1 Å². The minimum Gasteiger partial charge on any atom is -0.492 e. The Morgan fingerprint density at radius 1 is 1.00 bits per heavy atom. The summed E-state index contributed by atoms with van der Waals surface area (Å²) in [5.74, 6) is -0.114. The fraction of sp³-hybridized carbons (Fsp3) is 0.375. The number of para-hydroxylation sites is 1. The second-order valence-electron chi connectivity index (χ2n) is 6.95. The predicted octanol–water partition coefficient (Wildman–Crippen LogP) is 4.25. The molecule has 7 nitrogen and oxygen atoms in total. The number of benzene rings is 2. The second kappa shape index (κ2) is 10.9. The topological polar surface area (TPSA) is 73.1 Å². The molecule has 3 aromatic rings. The highest BCUT2D eigenvalue weighted by atomic mass is 32.1. The molecule has 32 heavy (non-hydrogen) atoms. The Morgan fingerprint density at radius 2 is 1.72 bits per heavy atom. The molecule has 3 rings (SSSR count). The summed E-state index contributed by atoms with van der Waals surface area (Å²) >= 11 is 1.34. The highest BCUT2D eigenvalue weighted by molar-refractivity contribution is 7.16. The number of carbonyl (C=O) groups excluding carboxylic acids is 2. The zero-order valence-corrected chi connectivity index (χ0v) is 19.8. The molecule has 170 valence electrons.